The third-order valence-electron chi connectivity index (χ3n) is 3.65. The number of carbonyl (C=O) groups excluding carboxylic acids is 2. The number of hydrazine groups is 1. The summed E-state index contributed by atoms with van der Waals surface area (Å²) in [5, 5.41) is 0. The Morgan fingerprint density at radius 2 is 1.67 bits per heavy atom. The van der Waals surface area contributed by atoms with Gasteiger partial charge in [-0.25, -0.2) is 21.9 Å². The SMILES string of the molecule is CC(C)Oc1ccc(C(=O)NNC(=O)CCNS(=O)(=O)c2ccc(F)c(F)c2)cc1. The van der Waals surface area contributed by atoms with Crippen LogP contribution < -0.4 is 20.3 Å². The van der Waals surface area contributed by atoms with Gasteiger partial charge < -0.3 is 4.74 Å². The molecule has 0 aliphatic carbocycles. The van der Waals surface area contributed by atoms with Gasteiger partial charge in [-0.2, -0.15) is 0 Å². The Hall–Kier alpha value is -3.05. The van der Waals surface area contributed by atoms with Crippen LogP contribution in [0.15, 0.2) is 47.4 Å². The lowest BCUT2D eigenvalue weighted by Crippen LogP contribution is -2.42. The lowest BCUT2D eigenvalue weighted by atomic mass is 10.2. The maximum atomic E-state index is 13.2. The summed E-state index contributed by atoms with van der Waals surface area (Å²) < 4.78 is 57.7. The Bertz CT molecular complexity index is 1010. The van der Waals surface area contributed by atoms with Gasteiger partial charge in [-0.1, -0.05) is 0 Å². The second-order valence-corrected chi connectivity index (χ2v) is 8.18. The fourth-order valence-corrected chi connectivity index (χ4v) is 3.29. The van der Waals surface area contributed by atoms with Gasteiger partial charge in [0.15, 0.2) is 11.6 Å². The predicted octanol–water partition coefficient (Wildman–Crippen LogP) is 1.88. The van der Waals surface area contributed by atoms with E-state index in [1.807, 2.05) is 13.8 Å². The number of carbonyl (C=O) groups is 2. The highest BCUT2D eigenvalue weighted by atomic mass is 32.2. The van der Waals surface area contributed by atoms with Crippen molar-refractivity contribution in [1.29, 1.82) is 0 Å². The molecule has 0 atom stereocenters. The Morgan fingerprint density at radius 3 is 2.27 bits per heavy atom. The summed E-state index contributed by atoms with van der Waals surface area (Å²) in [4.78, 5) is 23.3. The molecule has 0 saturated carbocycles. The molecule has 2 aromatic carbocycles. The topological polar surface area (TPSA) is 114 Å². The molecule has 162 valence electrons. The predicted molar refractivity (Wildman–Crippen MR) is 104 cm³/mol. The van der Waals surface area contributed by atoms with Gasteiger partial charge in [0.25, 0.3) is 5.91 Å². The first-order valence-electron chi connectivity index (χ1n) is 8.89. The first kappa shape index (κ1) is 23.2. The van der Waals surface area contributed by atoms with Crippen LogP contribution in [-0.2, 0) is 14.8 Å². The van der Waals surface area contributed by atoms with E-state index in [4.69, 9.17) is 4.74 Å². The molecule has 2 rings (SSSR count). The number of amides is 2. The van der Waals surface area contributed by atoms with Crippen molar-refractivity contribution in [2.24, 2.45) is 0 Å². The number of hydrogen-bond acceptors (Lipinski definition) is 5. The number of ether oxygens (including phenoxy) is 1. The van der Waals surface area contributed by atoms with Gasteiger partial charge in [0.2, 0.25) is 15.9 Å². The van der Waals surface area contributed by atoms with Crippen molar-refractivity contribution >= 4 is 21.8 Å². The summed E-state index contributed by atoms with van der Waals surface area (Å²) in [6.07, 6.45) is -0.312. The van der Waals surface area contributed by atoms with E-state index in [1.54, 1.807) is 12.1 Å². The molecular formula is C19H21F2N3O5S. The molecule has 30 heavy (non-hydrogen) atoms. The molecular weight excluding hydrogens is 420 g/mol. The fourth-order valence-electron chi connectivity index (χ4n) is 2.24. The molecule has 0 saturated heterocycles. The van der Waals surface area contributed by atoms with E-state index in [1.165, 1.54) is 12.1 Å². The van der Waals surface area contributed by atoms with Gasteiger partial charge in [-0.3, -0.25) is 20.4 Å². The summed E-state index contributed by atoms with van der Waals surface area (Å²) in [5.41, 5.74) is 4.64. The zero-order valence-electron chi connectivity index (χ0n) is 16.2. The zero-order valence-corrected chi connectivity index (χ0v) is 17.1. The number of hydrogen-bond donors (Lipinski definition) is 3. The van der Waals surface area contributed by atoms with Crippen LogP contribution in [0.1, 0.15) is 30.6 Å². The summed E-state index contributed by atoms with van der Waals surface area (Å²) in [6, 6.07) is 8.40. The highest BCUT2D eigenvalue weighted by molar-refractivity contribution is 7.89. The van der Waals surface area contributed by atoms with Crippen LogP contribution in [0.25, 0.3) is 0 Å². The second-order valence-electron chi connectivity index (χ2n) is 6.42. The van der Waals surface area contributed by atoms with Gasteiger partial charge in [0.1, 0.15) is 5.75 Å². The zero-order chi connectivity index (χ0) is 22.3. The number of nitrogens with one attached hydrogen (secondary N) is 3. The first-order valence-corrected chi connectivity index (χ1v) is 10.4. The maximum absolute atomic E-state index is 13.2. The molecule has 0 unspecified atom stereocenters. The summed E-state index contributed by atoms with van der Waals surface area (Å²) in [7, 11) is -4.12. The molecule has 2 amide bonds. The number of rotatable bonds is 8. The molecule has 0 radical (unpaired) electrons. The largest absolute Gasteiger partial charge is 0.491 e. The minimum Gasteiger partial charge on any atom is -0.491 e. The number of benzene rings is 2. The van der Waals surface area contributed by atoms with Crippen molar-refractivity contribution in [2.75, 3.05) is 6.54 Å². The van der Waals surface area contributed by atoms with Crippen LogP contribution in [0.4, 0.5) is 8.78 Å². The lowest BCUT2D eigenvalue weighted by Gasteiger charge is -2.11. The van der Waals surface area contributed by atoms with E-state index in [-0.39, 0.29) is 24.6 Å². The minimum atomic E-state index is -4.12. The third-order valence-corrected chi connectivity index (χ3v) is 5.11. The van der Waals surface area contributed by atoms with Crippen molar-refractivity contribution in [3.05, 3.63) is 59.7 Å². The Kier molecular flexibility index (Phi) is 7.84. The van der Waals surface area contributed by atoms with Crippen molar-refractivity contribution in [3.63, 3.8) is 0 Å². The summed E-state index contributed by atoms with van der Waals surface area (Å²) in [6.45, 7) is 3.42. The first-order chi connectivity index (χ1) is 14.1. The maximum Gasteiger partial charge on any atom is 0.269 e. The molecule has 0 heterocycles. The van der Waals surface area contributed by atoms with E-state index >= 15 is 0 Å². The smallest absolute Gasteiger partial charge is 0.269 e. The van der Waals surface area contributed by atoms with Gasteiger partial charge in [0.05, 0.1) is 11.0 Å². The standard InChI is InChI=1S/C19H21F2N3O5S/c1-12(2)29-14-5-3-13(4-6-14)19(26)24-23-18(25)9-10-22-30(27,28)15-7-8-16(20)17(21)11-15/h3-8,11-12,22H,9-10H2,1-2H3,(H,23,25)(H,24,26). The minimum absolute atomic E-state index is 0.0107. The average Bonchev–Trinajstić information content (AvgIpc) is 2.68. The molecule has 3 N–H and O–H groups in total. The van der Waals surface area contributed by atoms with Gasteiger partial charge in [-0.15, -0.1) is 0 Å². The van der Waals surface area contributed by atoms with E-state index < -0.39 is 38.4 Å². The monoisotopic (exact) mass is 441 g/mol. The Labute approximate surface area is 172 Å². The average molecular weight is 441 g/mol. The van der Waals surface area contributed by atoms with E-state index in [9.17, 15) is 26.8 Å². The second kappa shape index (κ2) is 10.1. The molecule has 0 spiro atoms. The van der Waals surface area contributed by atoms with Gasteiger partial charge in [0, 0.05) is 18.5 Å². The molecule has 0 aliphatic rings. The van der Waals surface area contributed by atoms with Crippen molar-refractivity contribution in [3.8, 4) is 5.75 Å². The van der Waals surface area contributed by atoms with Crippen molar-refractivity contribution < 1.29 is 31.5 Å². The quantitative estimate of drug-likeness (QED) is 0.542. The van der Waals surface area contributed by atoms with Gasteiger partial charge in [-0.05, 0) is 56.3 Å². The van der Waals surface area contributed by atoms with E-state index in [0.29, 0.717) is 17.9 Å². The van der Waals surface area contributed by atoms with Gasteiger partial charge >= 0.3 is 0 Å². The molecule has 0 aromatic heterocycles. The van der Waals surface area contributed by atoms with Crippen LogP contribution in [0.2, 0.25) is 0 Å². The Balaban J connectivity index is 1.79. The van der Waals surface area contributed by atoms with Crippen LogP contribution in [0, 0.1) is 11.6 Å². The highest BCUT2D eigenvalue weighted by Gasteiger charge is 2.17. The molecule has 0 fully saturated rings. The molecule has 0 aliphatic heterocycles. The summed E-state index contributed by atoms with van der Waals surface area (Å²) >= 11 is 0. The Morgan fingerprint density at radius 1 is 1.00 bits per heavy atom. The van der Waals surface area contributed by atoms with E-state index in [2.05, 4.69) is 15.6 Å². The fraction of sp³-hybridized carbons (Fsp3) is 0.263. The third kappa shape index (κ3) is 6.78. The number of sulfonamides is 1. The lowest BCUT2D eigenvalue weighted by molar-refractivity contribution is -0.121. The molecule has 2 aromatic rings. The van der Waals surface area contributed by atoms with E-state index in [0.717, 1.165) is 6.07 Å². The highest BCUT2D eigenvalue weighted by Crippen LogP contribution is 2.14. The summed E-state index contributed by atoms with van der Waals surface area (Å²) in [5.74, 6) is -3.11. The van der Waals surface area contributed by atoms with Crippen molar-refractivity contribution in [1.82, 2.24) is 15.6 Å². The van der Waals surface area contributed by atoms with Crippen LogP contribution in [-0.4, -0.2) is 32.9 Å². The van der Waals surface area contributed by atoms with Crippen LogP contribution in [0.5, 0.6) is 5.75 Å². The molecule has 8 nitrogen and oxygen atoms in total. The van der Waals surface area contributed by atoms with Crippen LogP contribution in [0.3, 0.4) is 0 Å². The number of halogens is 2. The van der Waals surface area contributed by atoms with Crippen LogP contribution >= 0.6 is 0 Å². The molecule has 0 bridgehead atoms. The molecule has 11 heteroatoms. The normalized spacial score (nSPS) is 11.2. The van der Waals surface area contributed by atoms with Crippen molar-refractivity contribution in [2.45, 2.75) is 31.3 Å².